The third kappa shape index (κ3) is 3.61. The van der Waals surface area contributed by atoms with Crippen molar-refractivity contribution in [1.29, 1.82) is 0 Å². The molecule has 3 rings (SSSR count). The van der Waals surface area contributed by atoms with Crippen LogP contribution in [-0.2, 0) is 11.3 Å². The fourth-order valence-electron chi connectivity index (χ4n) is 2.50. The number of amides is 1. The van der Waals surface area contributed by atoms with Crippen LogP contribution in [0.25, 0.3) is 10.2 Å². The average Bonchev–Trinajstić information content (AvgIpc) is 3.15. The number of thiophene rings is 1. The van der Waals surface area contributed by atoms with Crippen molar-refractivity contribution >= 4 is 33.4 Å². The Labute approximate surface area is 153 Å². The standard InChI is InChI=1S/C18H19N3O4S/c1-11-13-8-14(15(22)19-10-18(2,25)17(23)24)26-16(13)21(20-11)9-12-6-4-3-5-7-12/h3-8,25H,9-10H2,1-2H3,(H,19,22)(H,23,24). The molecule has 0 fully saturated rings. The number of nitrogens with one attached hydrogen (secondary N) is 1. The monoisotopic (exact) mass is 373 g/mol. The molecule has 1 atom stereocenters. The number of aliphatic carboxylic acids is 1. The summed E-state index contributed by atoms with van der Waals surface area (Å²) < 4.78 is 1.86. The van der Waals surface area contributed by atoms with Crippen molar-refractivity contribution in [3.8, 4) is 0 Å². The number of carboxylic acid groups (broad SMARTS) is 1. The van der Waals surface area contributed by atoms with Gasteiger partial charge >= 0.3 is 5.97 Å². The van der Waals surface area contributed by atoms with Crippen LogP contribution in [0.1, 0.15) is 27.9 Å². The first-order valence-electron chi connectivity index (χ1n) is 8.03. The number of carbonyl (C=O) groups excluding carboxylic acids is 1. The van der Waals surface area contributed by atoms with E-state index in [2.05, 4.69) is 10.4 Å². The normalized spacial score (nSPS) is 13.5. The molecular formula is C18H19N3O4S. The first-order valence-corrected chi connectivity index (χ1v) is 8.84. The van der Waals surface area contributed by atoms with Gasteiger partial charge in [0, 0.05) is 5.39 Å². The minimum atomic E-state index is -2.01. The van der Waals surface area contributed by atoms with Gasteiger partial charge in [-0.05, 0) is 25.5 Å². The summed E-state index contributed by atoms with van der Waals surface area (Å²) in [5.41, 5.74) is -0.0793. The molecule has 0 aliphatic carbocycles. The molecule has 0 bridgehead atoms. The number of aryl methyl sites for hydroxylation is 1. The zero-order chi connectivity index (χ0) is 18.9. The van der Waals surface area contributed by atoms with Crippen LogP contribution < -0.4 is 5.32 Å². The Kier molecular flexibility index (Phi) is 4.80. The maximum Gasteiger partial charge on any atom is 0.337 e. The summed E-state index contributed by atoms with van der Waals surface area (Å²) in [6.45, 7) is 3.25. The van der Waals surface area contributed by atoms with E-state index in [9.17, 15) is 14.7 Å². The Bertz CT molecular complexity index is 960. The Hall–Kier alpha value is -2.71. The molecule has 0 aliphatic heterocycles. The van der Waals surface area contributed by atoms with Gasteiger partial charge in [-0.25, -0.2) is 4.79 Å². The minimum absolute atomic E-state index is 0.371. The Morgan fingerprint density at radius 3 is 2.65 bits per heavy atom. The molecule has 1 unspecified atom stereocenters. The van der Waals surface area contributed by atoms with Gasteiger partial charge in [0.15, 0.2) is 5.60 Å². The van der Waals surface area contributed by atoms with E-state index >= 15 is 0 Å². The topological polar surface area (TPSA) is 104 Å². The van der Waals surface area contributed by atoms with E-state index in [0.717, 1.165) is 28.4 Å². The smallest absolute Gasteiger partial charge is 0.337 e. The second-order valence-electron chi connectivity index (χ2n) is 6.32. The molecule has 3 aromatic rings. The van der Waals surface area contributed by atoms with Crippen molar-refractivity contribution < 1.29 is 19.8 Å². The van der Waals surface area contributed by atoms with E-state index in [1.165, 1.54) is 11.3 Å². The molecule has 0 saturated heterocycles. The van der Waals surface area contributed by atoms with Crippen LogP contribution >= 0.6 is 11.3 Å². The number of aliphatic hydroxyl groups is 1. The number of carbonyl (C=O) groups is 2. The lowest BCUT2D eigenvalue weighted by atomic mass is 10.1. The molecule has 2 aromatic heterocycles. The zero-order valence-electron chi connectivity index (χ0n) is 14.4. The van der Waals surface area contributed by atoms with Gasteiger partial charge in [-0.1, -0.05) is 30.3 Å². The fraction of sp³-hybridized carbons (Fsp3) is 0.278. The lowest BCUT2D eigenvalue weighted by molar-refractivity contribution is -0.155. The first kappa shape index (κ1) is 18.1. The van der Waals surface area contributed by atoms with E-state index in [4.69, 9.17) is 5.11 Å². The molecule has 136 valence electrons. The van der Waals surface area contributed by atoms with Gasteiger partial charge in [0.1, 0.15) is 4.83 Å². The summed E-state index contributed by atoms with van der Waals surface area (Å²) in [6, 6.07) is 11.6. The van der Waals surface area contributed by atoms with Gasteiger partial charge in [0.05, 0.1) is 23.7 Å². The number of aromatic nitrogens is 2. The molecule has 2 heterocycles. The maximum atomic E-state index is 12.3. The van der Waals surface area contributed by atoms with Crippen LogP contribution in [-0.4, -0.2) is 44.0 Å². The van der Waals surface area contributed by atoms with Crippen molar-refractivity contribution in [2.75, 3.05) is 6.54 Å². The van der Waals surface area contributed by atoms with Crippen LogP contribution in [0.15, 0.2) is 36.4 Å². The quantitative estimate of drug-likeness (QED) is 0.613. The highest BCUT2D eigenvalue weighted by molar-refractivity contribution is 7.20. The van der Waals surface area contributed by atoms with Crippen molar-refractivity contribution in [2.24, 2.45) is 0 Å². The van der Waals surface area contributed by atoms with Gasteiger partial charge in [-0.15, -0.1) is 11.3 Å². The van der Waals surface area contributed by atoms with Crippen LogP contribution in [0.4, 0.5) is 0 Å². The largest absolute Gasteiger partial charge is 0.479 e. The molecule has 0 spiro atoms. The molecule has 1 amide bonds. The van der Waals surface area contributed by atoms with Crippen molar-refractivity contribution in [3.63, 3.8) is 0 Å². The number of hydrogen-bond acceptors (Lipinski definition) is 5. The number of carboxylic acids is 1. The number of rotatable bonds is 6. The summed E-state index contributed by atoms with van der Waals surface area (Å²) in [5, 5.41) is 26.5. The molecule has 26 heavy (non-hydrogen) atoms. The molecule has 0 radical (unpaired) electrons. The van der Waals surface area contributed by atoms with Gasteiger partial charge in [-0.3, -0.25) is 9.48 Å². The van der Waals surface area contributed by atoms with Crippen molar-refractivity contribution in [2.45, 2.75) is 26.0 Å². The number of hydrogen-bond donors (Lipinski definition) is 3. The summed E-state index contributed by atoms with van der Waals surface area (Å²) in [7, 11) is 0. The van der Waals surface area contributed by atoms with E-state index in [-0.39, 0.29) is 6.54 Å². The van der Waals surface area contributed by atoms with Crippen LogP contribution in [0.2, 0.25) is 0 Å². The third-order valence-corrected chi connectivity index (χ3v) is 5.21. The van der Waals surface area contributed by atoms with Gasteiger partial charge < -0.3 is 15.5 Å². The number of fused-ring (bicyclic) bond motifs is 1. The highest BCUT2D eigenvalue weighted by Gasteiger charge is 2.30. The predicted octanol–water partition coefficient (Wildman–Crippen LogP) is 2.02. The Morgan fingerprint density at radius 2 is 2.00 bits per heavy atom. The van der Waals surface area contributed by atoms with Crippen LogP contribution in [0.5, 0.6) is 0 Å². The van der Waals surface area contributed by atoms with E-state index in [1.54, 1.807) is 6.07 Å². The van der Waals surface area contributed by atoms with E-state index in [1.807, 2.05) is 41.9 Å². The van der Waals surface area contributed by atoms with Gasteiger partial charge in [-0.2, -0.15) is 5.10 Å². The zero-order valence-corrected chi connectivity index (χ0v) is 15.2. The van der Waals surface area contributed by atoms with Crippen LogP contribution in [0.3, 0.4) is 0 Å². The highest BCUT2D eigenvalue weighted by Crippen LogP contribution is 2.29. The van der Waals surface area contributed by atoms with Gasteiger partial charge in [0.25, 0.3) is 5.91 Å². The SMILES string of the molecule is Cc1nn(Cc2ccccc2)c2sc(C(=O)NCC(C)(O)C(=O)O)cc12. The molecular weight excluding hydrogens is 354 g/mol. The average molecular weight is 373 g/mol. The maximum absolute atomic E-state index is 12.3. The number of benzene rings is 1. The molecule has 0 saturated carbocycles. The second-order valence-corrected chi connectivity index (χ2v) is 7.35. The van der Waals surface area contributed by atoms with Crippen molar-refractivity contribution in [3.05, 3.63) is 52.5 Å². The van der Waals surface area contributed by atoms with E-state index in [0.29, 0.717) is 11.4 Å². The molecule has 8 heteroatoms. The summed E-state index contributed by atoms with van der Waals surface area (Å²) in [6.07, 6.45) is 0. The predicted molar refractivity (Wildman–Crippen MR) is 98.5 cm³/mol. The van der Waals surface area contributed by atoms with E-state index < -0.39 is 17.5 Å². The summed E-state index contributed by atoms with van der Waals surface area (Å²) >= 11 is 1.29. The third-order valence-electron chi connectivity index (χ3n) is 4.06. The number of nitrogens with zero attached hydrogens (tertiary/aromatic N) is 2. The molecule has 1 aromatic carbocycles. The minimum Gasteiger partial charge on any atom is -0.479 e. The Balaban J connectivity index is 1.82. The highest BCUT2D eigenvalue weighted by atomic mass is 32.1. The van der Waals surface area contributed by atoms with Crippen LogP contribution in [0, 0.1) is 6.92 Å². The molecule has 3 N–H and O–H groups in total. The summed E-state index contributed by atoms with van der Waals surface area (Å²) in [5.74, 6) is -1.80. The molecule has 7 nitrogen and oxygen atoms in total. The summed E-state index contributed by atoms with van der Waals surface area (Å²) in [4.78, 5) is 24.6. The lowest BCUT2D eigenvalue weighted by Crippen LogP contribution is -2.46. The lowest BCUT2D eigenvalue weighted by Gasteiger charge is -2.17. The first-order chi connectivity index (χ1) is 12.3. The second kappa shape index (κ2) is 6.89. The Morgan fingerprint density at radius 1 is 1.31 bits per heavy atom. The van der Waals surface area contributed by atoms with Gasteiger partial charge in [0.2, 0.25) is 0 Å². The molecule has 0 aliphatic rings. The van der Waals surface area contributed by atoms with Crippen molar-refractivity contribution in [1.82, 2.24) is 15.1 Å². The fourth-order valence-corrected chi connectivity index (χ4v) is 3.58.